The average Bonchev–Trinajstić information content (AvgIpc) is 2.24. The van der Waals surface area contributed by atoms with Crippen LogP contribution in [0.4, 0.5) is 10.5 Å². The molecule has 0 atom stereocenters. The van der Waals surface area contributed by atoms with Crippen molar-refractivity contribution in [2.45, 2.75) is 26.4 Å². The van der Waals surface area contributed by atoms with Crippen molar-refractivity contribution in [1.29, 1.82) is 0 Å². The molecule has 1 aromatic rings. The number of pyridine rings is 1. The van der Waals surface area contributed by atoms with Gasteiger partial charge in [-0.15, -0.1) is 0 Å². The van der Waals surface area contributed by atoms with Crippen molar-refractivity contribution in [3.05, 3.63) is 23.0 Å². The van der Waals surface area contributed by atoms with E-state index in [-0.39, 0.29) is 10.8 Å². The van der Waals surface area contributed by atoms with E-state index in [9.17, 15) is 9.59 Å². The van der Waals surface area contributed by atoms with Gasteiger partial charge >= 0.3 is 12.1 Å². The Morgan fingerprint density at radius 1 is 1.32 bits per heavy atom. The van der Waals surface area contributed by atoms with Crippen molar-refractivity contribution >= 4 is 29.4 Å². The first-order chi connectivity index (χ1) is 8.71. The Balaban J connectivity index is 2.87. The molecule has 1 amide bonds. The van der Waals surface area contributed by atoms with Gasteiger partial charge in [-0.2, -0.15) is 0 Å². The molecular formula is C12H15ClN2O4. The molecule has 104 valence electrons. The molecule has 0 unspecified atom stereocenters. The third kappa shape index (κ3) is 5.13. The van der Waals surface area contributed by atoms with Crippen molar-refractivity contribution in [3.63, 3.8) is 0 Å². The van der Waals surface area contributed by atoms with Gasteiger partial charge in [0.05, 0.1) is 7.11 Å². The van der Waals surface area contributed by atoms with Gasteiger partial charge in [0.1, 0.15) is 10.8 Å². The lowest BCUT2D eigenvalue weighted by atomic mass is 10.2. The summed E-state index contributed by atoms with van der Waals surface area (Å²) in [7, 11) is 1.23. The van der Waals surface area contributed by atoms with Gasteiger partial charge in [-0.05, 0) is 32.9 Å². The number of amides is 1. The van der Waals surface area contributed by atoms with Gasteiger partial charge in [-0.1, -0.05) is 11.6 Å². The zero-order chi connectivity index (χ0) is 14.6. The predicted molar refractivity (Wildman–Crippen MR) is 70.4 cm³/mol. The first-order valence-corrected chi connectivity index (χ1v) is 5.85. The lowest BCUT2D eigenvalue weighted by Crippen LogP contribution is -2.27. The fraction of sp³-hybridized carbons (Fsp3) is 0.417. The van der Waals surface area contributed by atoms with Crippen LogP contribution in [-0.4, -0.2) is 29.8 Å². The molecule has 1 N–H and O–H groups in total. The monoisotopic (exact) mass is 286 g/mol. The Labute approximate surface area is 116 Å². The summed E-state index contributed by atoms with van der Waals surface area (Å²) in [5, 5.41) is 2.53. The fourth-order valence-electron chi connectivity index (χ4n) is 1.20. The Hall–Kier alpha value is -1.82. The number of hydrogen-bond acceptors (Lipinski definition) is 5. The van der Waals surface area contributed by atoms with E-state index in [1.165, 1.54) is 19.2 Å². The molecule has 1 rings (SSSR count). The Bertz CT molecular complexity index is 497. The van der Waals surface area contributed by atoms with Crippen molar-refractivity contribution in [2.75, 3.05) is 12.4 Å². The zero-order valence-corrected chi connectivity index (χ0v) is 11.9. The van der Waals surface area contributed by atoms with Crippen molar-refractivity contribution in [3.8, 4) is 0 Å². The number of halogens is 1. The molecule has 7 heteroatoms. The van der Waals surface area contributed by atoms with Crippen LogP contribution in [-0.2, 0) is 9.47 Å². The van der Waals surface area contributed by atoms with E-state index in [1.54, 1.807) is 20.8 Å². The average molecular weight is 287 g/mol. The molecular weight excluding hydrogens is 272 g/mol. The SMILES string of the molecule is COC(=O)c1cc(NC(=O)OC(C)(C)C)cc(Cl)n1. The number of anilines is 1. The summed E-state index contributed by atoms with van der Waals surface area (Å²) >= 11 is 5.76. The highest BCUT2D eigenvalue weighted by molar-refractivity contribution is 6.29. The molecule has 6 nitrogen and oxygen atoms in total. The second-order valence-electron chi connectivity index (χ2n) is 4.68. The van der Waals surface area contributed by atoms with Crippen molar-refractivity contribution in [1.82, 2.24) is 4.98 Å². The van der Waals surface area contributed by atoms with Gasteiger partial charge in [0, 0.05) is 5.69 Å². The quantitative estimate of drug-likeness (QED) is 0.668. The standard InChI is InChI=1S/C12H15ClN2O4/c1-12(2,3)19-11(17)14-7-5-8(10(16)18-4)15-9(13)6-7/h5-6H,1-4H3,(H,14,15,17). The molecule has 0 bridgehead atoms. The number of rotatable bonds is 2. The molecule has 0 fully saturated rings. The number of carbonyl (C=O) groups excluding carboxylic acids is 2. The molecule has 0 saturated heterocycles. The molecule has 1 aromatic heterocycles. The molecule has 19 heavy (non-hydrogen) atoms. The normalized spacial score (nSPS) is 10.8. The van der Waals surface area contributed by atoms with Gasteiger partial charge in [0.25, 0.3) is 0 Å². The van der Waals surface area contributed by atoms with Crippen LogP contribution in [0.3, 0.4) is 0 Å². The minimum atomic E-state index is -0.648. The summed E-state index contributed by atoms with van der Waals surface area (Å²) in [5.41, 5.74) is -0.317. The van der Waals surface area contributed by atoms with E-state index in [0.717, 1.165) is 0 Å². The number of aromatic nitrogens is 1. The summed E-state index contributed by atoms with van der Waals surface area (Å²) in [6.07, 6.45) is -0.648. The largest absolute Gasteiger partial charge is 0.464 e. The maximum absolute atomic E-state index is 11.6. The molecule has 0 radical (unpaired) electrons. The highest BCUT2D eigenvalue weighted by Crippen LogP contribution is 2.17. The number of nitrogens with one attached hydrogen (secondary N) is 1. The molecule has 0 aliphatic rings. The number of methoxy groups -OCH3 is 1. The molecule has 1 heterocycles. The summed E-state index contributed by atoms with van der Waals surface area (Å²) in [4.78, 5) is 26.7. The van der Waals surface area contributed by atoms with Gasteiger partial charge in [0.2, 0.25) is 0 Å². The summed E-state index contributed by atoms with van der Waals surface area (Å²) < 4.78 is 9.61. The van der Waals surface area contributed by atoms with Crippen LogP contribution in [0.2, 0.25) is 5.15 Å². The first-order valence-electron chi connectivity index (χ1n) is 5.47. The van der Waals surface area contributed by atoms with E-state index in [2.05, 4.69) is 15.0 Å². The second-order valence-corrected chi connectivity index (χ2v) is 5.07. The van der Waals surface area contributed by atoms with Gasteiger partial charge in [-0.3, -0.25) is 5.32 Å². The fourth-order valence-corrected chi connectivity index (χ4v) is 1.41. The number of carbonyl (C=O) groups is 2. The maximum Gasteiger partial charge on any atom is 0.412 e. The van der Waals surface area contributed by atoms with Gasteiger partial charge < -0.3 is 9.47 Å². The Morgan fingerprint density at radius 2 is 1.95 bits per heavy atom. The van der Waals surface area contributed by atoms with E-state index in [1.807, 2.05) is 0 Å². The molecule has 0 aliphatic carbocycles. The van der Waals surface area contributed by atoms with E-state index in [0.29, 0.717) is 5.69 Å². The van der Waals surface area contributed by atoms with Crippen molar-refractivity contribution < 1.29 is 19.1 Å². The van der Waals surface area contributed by atoms with Crippen LogP contribution in [0.25, 0.3) is 0 Å². The molecule has 0 spiro atoms. The van der Waals surface area contributed by atoms with Crippen LogP contribution in [0.1, 0.15) is 31.3 Å². The third-order valence-corrected chi connectivity index (χ3v) is 2.03. The van der Waals surface area contributed by atoms with Crippen molar-refractivity contribution in [2.24, 2.45) is 0 Å². The smallest absolute Gasteiger partial charge is 0.412 e. The predicted octanol–water partition coefficient (Wildman–Crippen LogP) is 2.87. The Kier molecular flexibility index (Phi) is 4.72. The number of ether oxygens (including phenoxy) is 2. The van der Waals surface area contributed by atoms with E-state index in [4.69, 9.17) is 16.3 Å². The van der Waals surface area contributed by atoms with Crippen LogP contribution in [0, 0.1) is 0 Å². The first kappa shape index (κ1) is 15.2. The van der Waals surface area contributed by atoms with E-state index < -0.39 is 17.7 Å². The van der Waals surface area contributed by atoms with Gasteiger partial charge in [-0.25, -0.2) is 14.6 Å². The summed E-state index contributed by atoms with van der Waals surface area (Å²) in [6, 6.07) is 2.75. The Morgan fingerprint density at radius 3 is 2.47 bits per heavy atom. The topological polar surface area (TPSA) is 77.5 Å². The van der Waals surface area contributed by atoms with Crippen LogP contribution in [0.5, 0.6) is 0 Å². The zero-order valence-electron chi connectivity index (χ0n) is 11.1. The lowest BCUT2D eigenvalue weighted by Gasteiger charge is -2.19. The summed E-state index contributed by atoms with van der Waals surface area (Å²) in [5.74, 6) is -0.644. The molecule has 0 aromatic carbocycles. The highest BCUT2D eigenvalue weighted by Gasteiger charge is 2.17. The summed E-state index contributed by atoms with van der Waals surface area (Å²) in [6.45, 7) is 5.23. The maximum atomic E-state index is 11.6. The minimum Gasteiger partial charge on any atom is -0.464 e. The van der Waals surface area contributed by atoms with Crippen LogP contribution >= 0.6 is 11.6 Å². The lowest BCUT2D eigenvalue weighted by molar-refractivity contribution is 0.0590. The van der Waals surface area contributed by atoms with Crippen LogP contribution in [0.15, 0.2) is 12.1 Å². The van der Waals surface area contributed by atoms with Gasteiger partial charge in [0.15, 0.2) is 5.69 Å². The number of esters is 1. The second kappa shape index (κ2) is 5.88. The third-order valence-electron chi connectivity index (χ3n) is 1.83. The molecule has 0 saturated carbocycles. The molecule has 0 aliphatic heterocycles. The highest BCUT2D eigenvalue weighted by atomic mass is 35.5. The van der Waals surface area contributed by atoms with Crippen LogP contribution < -0.4 is 5.32 Å². The van der Waals surface area contributed by atoms with E-state index >= 15 is 0 Å². The minimum absolute atomic E-state index is 0.000980. The number of hydrogen-bond donors (Lipinski definition) is 1. The number of nitrogens with zero attached hydrogens (tertiary/aromatic N) is 1.